The quantitative estimate of drug-likeness (QED) is 0.854. The Kier molecular flexibility index (Phi) is 4.24. The van der Waals surface area contributed by atoms with E-state index in [1.54, 1.807) is 17.5 Å². The van der Waals surface area contributed by atoms with Gasteiger partial charge in [-0.2, -0.15) is 0 Å². The molecule has 0 aliphatic rings. The zero-order chi connectivity index (χ0) is 13.8. The second-order valence-electron chi connectivity index (χ2n) is 4.24. The minimum Gasteiger partial charge on any atom is -0.507 e. The topological polar surface area (TPSA) is 53.4 Å². The van der Waals surface area contributed by atoms with Crippen LogP contribution in [0.15, 0.2) is 29.1 Å². The molecule has 0 radical (unpaired) electrons. The number of carbonyl (C=O) groups is 1. The normalized spacial score (nSPS) is 10.9. The molecule has 1 aromatic heterocycles. The number of hydrogen-bond donors (Lipinski definition) is 1. The van der Waals surface area contributed by atoms with E-state index >= 15 is 0 Å². The number of phenols is 1. The van der Waals surface area contributed by atoms with E-state index in [0.717, 1.165) is 17.8 Å². The van der Waals surface area contributed by atoms with Crippen molar-refractivity contribution in [2.45, 2.75) is 6.54 Å². The summed E-state index contributed by atoms with van der Waals surface area (Å²) >= 11 is 1.49. The maximum Gasteiger partial charge on any atom is 0.180 e. The van der Waals surface area contributed by atoms with Gasteiger partial charge in [-0.1, -0.05) is 0 Å². The molecule has 0 aliphatic carbocycles. The molecule has 0 unspecified atom stereocenters. The van der Waals surface area contributed by atoms with Crippen LogP contribution in [0.1, 0.15) is 16.1 Å². The van der Waals surface area contributed by atoms with E-state index in [0.29, 0.717) is 6.54 Å². The van der Waals surface area contributed by atoms with Gasteiger partial charge in [0, 0.05) is 11.9 Å². The Labute approximate surface area is 114 Å². The molecule has 0 fully saturated rings. The number of aromatic nitrogens is 1. The van der Waals surface area contributed by atoms with Gasteiger partial charge in [0.25, 0.3) is 0 Å². The zero-order valence-electron chi connectivity index (χ0n) is 10.3. The van der Waals surface area contributed by atoms with Crippen molar-refractivity contribution < 1.29 is 14.3 Å². The number of ketones is 1. The number of Topliss-reactive ketones (excluding diaryl/α,β-unsaturated/α-hetero) is 1. The van der Waals surface area contributed by atoms with Gasteiger partial charge in [0.2, 0.25) is 0 Å². The number of hydrogen-bond acceptors (Lipinski definition) is 5. The molecule has 1 heterocycles. The average molecular weight is 280 g/mol. The maximum atomic E-state index is 13.1. The summed E-state index contributed by atoms with van der Waals surface area (Å²) in [4.78, 5) is 17.9. The Balaban J connectivity index is 2.02. The third-order valence-corrected chi connectivity index (χ3v) is 3.22. The minimum absolute atomic E-state index is 0.00475. The lowest BCUT2D eigenvalue weighted by molar-refractivity contribution is 0.0939. The molecule has 0 amide bonds. The van der Waals surface area contributed by atoms with Crippen LogP contribution in [0.3, 0.4) is 0 Å². The lowest BCUT2D eigenvalue weighted by atomic mass is 10.1. The van der Waals surface area contributed by atoms with Gasteiger partial charge in [-0.25, -0.2) is 9.37 Å². The van der Waals surface area contributed by atoms with Gasteiger partial charge >= 0.3 is 0 Å². The van der Waals surface area contributed by atoms with E-state index in [9.17, 15) is 14.3 Å². The molecule has 0 bridgehead atoms. The van der Waals surface area contributed by atoms with Gasteiger partial charge in [-0.3, -0.25) is 9.69 Å². The SMILES string of the molecule is CN(CC(=O)c1cc(F)ccc1O)Cc1cscn1. The van der Waals surface area contributed by atoms with Crippen LogP contribution >= 0.6 is 11.3 Å². The summed E-state index contributed by atoms with van der Waals surface area (Å²) in [7, 11) is 1.77. The third kappa shape index (κ3) is 3.59. The fraction of sp³-hybridized carbons (Fsp3) is 0.231. The number of rotatable bonds is 5. The molecule has 6 heteroatoms. The Morgan fingerprint density at radius 3 is 3.00 bits per heavy atom. The van der Waals surface area contributed by atoms with Crippen LogP contribution < -0.4 is 0 Å². The van der Waals surface area contributed by atoms with E-state index in [2.05, 4.69) is 4.98 Å². The number of phenolic OH excluding ortho intramolecular Hbond substituents is 1. The summed E-state index contributed by atoms with van der Waals surface area (Å²) in [5.41, 5.74) is 2.61. The third-order valence-electron chi connectivity index (χ3n) is 2.59. The highest BCUT2D eigenvalue weighted by Crippen LogP contribution is 2.18. The van der Waals surface area contributed by atoms with E-state index in [1.165, 1.54) is 17.4 Å². The molecule has 100 valence electrons. The second-order valence-corrected chi connectivity index (χ2v) is 4.96. The van der Waals surface area contributed by atoms with E-state index in [-0.39, 0.29) is 23.6 Å². The second kappa shape index (κ2) is 5.90. The highest BCUT2D eigenvalue weighted by Gasteiger charge is 2.15. The van der Waals surface area contributed by atoms with Crippen LogP contribution in [0, 0.1) is 5.82 Å². The van der Waals surface area contributed by atoms with Crippen molar-refractivity contribution >= 4 is 17.1 Å². The maximum absolute atomic E-state index is 13.1. The number of carbonyl (C=O) groups excluding carboxylic acids is 1. The number of nitrogens with zero attached hydrogens (tertiary/aromatic N) is 2. The first kappa shape index (κ1) is 13.6. The van der Waals surface area contributed by atoms with Gasteiger partial charge in [-0.15, -0.1) is 11.3 Å². The molecule has 4 nitrogen and oxygen atoms in total. The summed E-state index contributed by atoms with van der Waals surface area (Å²) < 4.78 is 13.1. The number of likely N-dealkylation sites (N-methyl/N-ethyl adjacent to an activating group) is 1. The summed E-state index contributed by atoms with van der Waals surface area (Å²) in [6.45, 7) is 0.625. The average Bonchev–Trinajstić information content (AvgIpc) is 2.84. The molecule has 0 aliphatic heterocycles. The fourth-order valence-electron chi connectivity index (χ4n) is 1.71. The first-order valence-corrected chi connectivity index (χ1v) is 6.58. The van der Waals surface area contributed by atoms with Gasteiger partial charge in [0.1, 0.15) is 11.6 Å². The largest absolute Gasteiger partial charge is 0.507 e. The Morgan fingerprint density at radius 2 is 2.32 bits per heavy atom. The number of aromatic hydroxyl groups is 1. The zero-order valence-corrected chi connectivity index (χ0v) is 11.2. The Bertz CT molecular complexity index is 572. The summed E-state index contributed by atoms with van der Waals surface area (Å²) in [6.07, 6.45) is 0. The molecule has 2 rings (SSSR count). The van der Waals surface area contributed by atoms with E-state index in [1.807, 2.05) is 5.38 Å². The first-order chi connectivity index (χ1) is 9.06. The van der Waals surface area contributed by atoms with E-state index < -0.39 is 5.82 Å². The highest BCUT2D eigenvalue weighted by atomic mass is 32.1. The monoisotopic (exact) mass is 280 g/mol. The molecule has 1 aromatic carbocycles. The lowest BCUT2D eigenvalue weighted by Crippen LogP contribution is -2.25. The molecule has 0 saturated carbocycles. The predicted octanol–water partition coefficient (Wildman–Crippen LogP) is 2.30. The fourth-order valence-corrected chi connectivity index (χ4v) is 2.26. The van der Waals surface area contributed by atoms with Crippen molar-refractivity contribution in [1.82, 2.24) is 9.88 Å². The van der Waals surface area contributed by atoms with Gasteiger partial charge in [-0.05, 0) is 25.2 Å². The van der Waals surface area contributed by atoms with Gasteiger partial charge < -0.3 is 5.11 Å². The van der Waals surface area contributed by atoms with Gasteiger partial charge in [0.05, 0.1) is 23.3 Å². The van der Waals surface area contributed by atoms with Crippen LogP contribution in [0.5, 0.6) is 5.75 Å². The Morgan fingerprint density at radius 1 is 1.53 bits per heavy atom. The minimum atomic E-state index is -0.539. The number of halogens is 1. The van der Waals surface area contributed by atoms with Crippen LogP contribution in [0.25, 0.3) is 0 Å². The molecule has 1 N–H and O–H groups in total. The predicted molar refractivity (Wildman–Crippen MR) is 70.8 cm³/mol. The summed E-state index contributed by atoms with van der Waals surface area (Å²) in [6, 6.07) is 3.35. The first-order valence-electron chi connectivity index (χ1n) is 5.63. The smallest absolute Gasteiger partial charge is 0.180 e. The van der Waals surface area contributed by atoms with Crippen molar-refractivity contribution in [3.05, 3.63) is 46.2 Å². The van der Waals surface area contributed by atoms with Crippen molar-refractivity contribution in [1.29, 1.82) is 0 Å². The van der Waals surface area contributed by atoms with Crippen LogP contribution in [0.4, 0.5) is 4.39 Å². The van der Waals surface area contributed by atoms with Crippen molar-refractivity contribution in [3.8, 4) is 5.75 Å². The lowest BCUT2D eigenvalue weighted by Gasteiger charge is -2.14. The van der Waals surface area contributed by atoms with Crippen LogP contribution in [-0.4, -0.2) is 34.4 Å². The summed E-state index contributed by atoms with van der Waals surface area (Å²) in [5, 5.41) is 11.5. The molecule has 19 heavy (non-hydrogen) atoms. The van der Waals surface area contributed by atoms with Crippen molar-refractivity contribution in [2.24, 2.45) is 0 Å². The molecule has 0 spiro atoms. The van der Waals surface area contributed by atoms with Crippen LogP contribution in [0.2, 0.25) is 0 Å². The number of thiazole rings is 1. The van der Waals surface area contributed by atoms with Crippen LogP contribution in [-0.2, 0) is 6.54 Å². The molecular formula is C13H13FN2O2S. The molecular weight excluding hydrogens is 267 g/mol. The van der Waals surface area contributed by atoms with Crippen molar-refractivity contribution in [3.63, 3.8) is 0 Å². The Hall–Kier alpha value is -1.79. The van der Waals surface area contributed by atoms with Gasteiger partial charge in [0.15, 0.2) is 5.78 Å². The molecule has 0 atom stereocenters. The molecule has 0 saturated heterocycles. The van der Waals surface area contributed by atoms with E-state index in [4.69, 9.17) is 0 Å². The number of benzene rings is 1. The summed E-state index contributed by atoms with van der Waals surface area (Å²) in [5.74, 6) is -1.06. The highest BCUT2D eigenvalue weighted by molar-refractivity contribution is 7.07. The molecule has 2 aromatic rings. The van der Waals surface area contributed by atoms with Crippen molar-refractivity contribution in [2.75, 3.05) is 13.6 Å². The standard InChI is InChI=1S/C13H13FN2O2S/c1-16(5-10-7-19-8-15-10)6-13(18)11-4-9(14)2-3-12(11)17/h2-4,7-8,17H,5-6H2,1H3.